The number of hydrogen-bond acceptors (Lipinski definition) is 4. The van der Waals surface area contributed by atoms with Gasteiger partial charge in [-0.3, -0.25) is 4.79 Å². The minimum absolute atomic E-state index is 0.0475. The number of thiophene rings is 1. The number of carbonyl (C=O) groups is 1. The van der Waals surface area contributed by atoms with Gasteiger partial charge >= 0.3 is 0 Å². The molecule has 0 bridgehead atoms. The molecule has 140 valence electrons. The van der Waals surface area contributed by atoms with E-state index >= 15 is 0 Å². The zero-order valence-electron chi connectivity index (χ0n) is 15.2. The van der Waals surface area contributed by atoms with E-state index < -0.39 is 10.0 Å². The number of sulfonamides is 1. The van der Waals surface area contributed by atoms with Crippen molar-refractivity contribution in [2.75, 3.05) is 13.1 Å². The first-order valence-electron chi connectivity index (χ1n) is 8.50. The fourth-order valence-corrected chi connectivity index (χ4v) is 4.70. The molecule has 1 aromatic carbocycles. The molecule has 0 radical (unpaired) electrons. The average molecular weight is 393 g/mol. The summed E-state index contributed by atoms with van der Waals surface area (Å²) >= 11 is 1.60. The third-order valence-electron chi connectivity index (χ3n) is 3.98. The lowest BCUT2D eigenvalue weighted by Crippen LogP contribution is -2.30. The molecule has 2 aromatic rings. The van der Waals surface area contributed by atoms with Crippen LogP contribution >= 0.6 is 11.3 Å². The Labute approximate surface area is 159 Å². The van der Waals surface area contributed by atoms with Crippen molar-refractivity contribution in [3.8, 4) is 0 Å². The number of amides is 1. The summed E-state index contributed by atoms with van der Waals surface area (Å²) in [6.07, 6.45) is 3.13. The van der Waals surface area contributed by atoms with Crippen LogP contribution in [-0.2, 0) is 14.8 Å². The van der Waals surface area contributed by atoms with E-state index in [1.807, 2.05) is 38.3 Å². The number of benzene rings is 1. The maximum absolute atomic E-state index is 12.5. The van der Waals surface area contributed by atoms with E-state index in [1.54, 1.807) is 41.7 Å². The molecule has 2 rings (SSSR count). The second-order valence-corrected chi connectivity index (χ2v) is 8.65. The van der Waals surface area contributed by atoms with E-state index in [1.165, 1.54) is 10.4 Å². The van der Waals surface area contributed by atoms with Gasteiger partial charge in [0.25, 0.3) is 0 Å². The van der Waals surface area contributed by atoms with Gasteiger partial charge in [-0.05, 0) is 42.1 Å². The molecule has 1 N–H and O–H groups in total. The van der Waals surface area contributed by atoms with Crippen LogP contribution in [0.1, 0.15) is 37.3 Å². The molecule has 5 nitrogen and oxygen atoms in total. The highest BCUT2D eigenvalue weighted by molar-refractivity contribution is 7.89. The quantitative estimate of drug-likeness (QED) is 0.697. The molecule has 0 aliphatic heterocycles. The Balaban J connectivity index is 2.02. The average Bonchev–Trinajstić information content (AvgIpc) is 3.16. The van der Waals surface area contributed by atoms with E-state index in [0.717, 1.165) is 10.4 Å². The van der Waals surface area contributed by atoms with Gasteiger partial charge in [-0.2, -0.15) is 4.31 Å². The monoisotopic (exact) mass is 392 g/mol. The Morgan fingerprint density at radius 3 is 2.38 bits per heavy atom. The Hall–Kier alpha value is -1.96. The smallest absolute Gasteiger partial charge is 0.244 e. The number of hydrogen-bond donors (Lipinski definition) is 1. The van der Waals surface area contributed by atoms with Gasteiger partial charge in [0.15, 0.2) is 0 Å². The summed E-state index contributed by atoms with van der Waals surface area (Å²) in [6.45, 7) is 6.43. The van der Waals surface area contributed by atoms with Crippen molar-refractivity contribution in [2.24, 2.45) is 0 Å². The van der Waals surface area contributed by atoms with E-state index in [2.05, 4.69) is 5.32 Å². The molecule has 1 unspecified atom stereocenters. The molecular weight excluding hydrogens is 368 g/mol. The van der Waals surface area contributed by atoms with Crippen LogP contribution < -0.4 is 5.32 Å². The second kappa shape index (κ2) is 9.12. The maximum Gasteiger partial charge on any atom is 0.244 e. The van der Waals surface area contributed by atoms with Crippen molar-refractivity contribution in [1.82, 2.24) is 9.62 Å². The molecule has 0 aliphatic rings. The van der Waals surface area contributed by atoms with Crippen LogP contribution in [0, 0.1) is 0 Å². The van der Waals surface area contributed by atoms with E-state index in [-0.39, 0.29) is 16.8 Å². The molecule has 0 aliphatic carbocycles. The molecule has 0 saturated heterocycles. The number of nitrogens with one attached hydrogen (secondary N) is 1. The topological polar surface area (TPSA) is 66.5 Å². The predicted molar refractivity (Wildman–Crippen MR) is 106 cm³/mol. The van der Waals surface area contributed by atoms with Crippen LogP contribution in [-0.4, -0.2) is 31.7 Å². The summed E-state index contributed by atoms with van der Waals surface area (Å²) in [5.41, 5.74) is 0.766. The van der Waals surface area contributed by atoms with Crippen molar-refractivity contribution < 1.29 is 13.2 Å². The third kappa shape index (κ3) is 5.03. The van der Waals surface area contributed by atoms with Crippen LogP contribution in [0.15, 0.2) is 52.7 Å². The molecule has 1 amide bonds. The molecule has 1 heterocycles. The van der Waals surface area contributed by atoms with Gasteiger partial charge < -0.3 is 5.32 Å². The summed E-state index contributed by atoms with van der Waals surface area (Å²) in [7, 11) is -3.46. The molecule has 26 heavy (non-hydrogen) atoms. The van der Waals surface area contributed by atoms with Crippen LogP contribution in [0.4, 0.5) is 0 Å². The van der Waals surface area contributed by atoms with Crippen LogP contribution in [0.3, 0.4) is 0 Å². The fraction of sp³-hybridized carbons (Fsp3) is 0.316. The standard InChI is InChI=1S/C19H24N2O3S2/c1-4-21(5-2)26(23,24)17-11-8-16(9-12-17)10-13-19(22)20-15(3)18-7-6-14-25-18/h6-15H,4-5H2,1-3H3,(H,20,22)/b13-10+. The zero-order valence-corrected chi connectivity index (χ0v) is 16.8. The largest absolute Gasteiger partial charge is 0.345 e. The van der Waals surface area contributed by atoms with Crippen molar-refractivity contribution in [2.45, 2.75) is 31.7 Å². The Bertz CT molecular complexity index is 837. The summed E-state index contributed by atoms with van der Waals surface area (Å²) in [5.74, 6) is -0.189. The Morgan fingerprint density at radius 2 is 1.85 bits per heavy atom. The summed E-state index contributed by atoms with van der Waals surface area (Å²) in [4.78, 5) is 13.4. The van der Waals surface area contributed by atoms with Crippen molar-refractivity contribution in [3.63, 3.8) is 0 Å². The summed E-state index contributed by atoms with van der Waals surface area (Å²) in [6, 6.07) is 10.4. The highest BCUT2D eigenvalue weighted by Gasteiger charge is 2.20. The van der Waals surface area contributed by atoms with Crippen molar-refractivity contribution in [1.29, 1.82) is 0 Å². The van der Waals surface area contributed by atoms with Crippen LogP contribution in [0.25, 0.3) is 6.08 Å². The van der Waals surface area contributed by atoms with Gasteiger partial charge in [-0.15, -0.1) is 11.3 Å². The molecule has 0 fully saturated rings. The number of nitrogens with zero attached hydrogens (tertiary/aromatic N) is 1. The predicted octanol–water partition coefficient (Wildman–Crippen LogP) is 3.67. The highest BCUT2D eigenvalue weighted by Crippen LogP contribution is 2.18. The van der Waals surface area contributed by atoms with Gasteiger partial charge in [-0.25, -0.2) is 8.42 Å². The van der Waals surface area contributed by atoms with E-state index in [9.17, 15) is 13.2 Å². The van der Waals surface area contributed by atoms with Crippen molar-refractivity contribution >= 4 is 33.3 Å². The third-order valence-corrected chi connectivity index (χ3v) is 7.10. The second-order valence-electron chi connectivity index (χ2n) is 5.74. The highest BCUT2D eigenvalue weighted by atomic mass is 32.2. The SMILES string of the molecule is CCN(CC)S(=O)(=O)c1ccc(/C=C/C(=O)NC(C)c2cccs2)cc1. The van der Waals surface area contributed by atoms with Crippen molar-refractivity contribution in [3.05, 3.63) is 58.3 Å². The van der Waals surface area contributed by atoms with Gasteiger partial charge in [0, 0.05) is 24.0 Å². The molecular formula is C19H24N2O3S2. The van der Waals surface area contributed by atoms with Gasteiger partial charge in [0.2, 0.25) is 15.9 Å². The van der Waals surface area contributed by atoms with Gasteiger partial charge in [-0.1, -0.05) is 32.0 Å². The van der Waals surface area contributed by atoms with Gasteiger partial charge in [0.1, 0.15) is 0 Å². The van der Waals surface area contributed by atoms with Crippen LogP contribution in [0.2, 0.25) is 0 Å². The summed E-state index contributed by atoms with van der Waals surface area (Å²) in [5, 5.41) is 4.87. The van der Waals surface area contributed by atoms with E-state index in [0.29, 0.717) is 13.1 Å². The normalized spacial score (nSPS) is 13.2. The molecule has 1 atom stereocenters. The molecule has 1 aromatic heterocycles. The van der Waals surface area contributed by atoms with Gasteiger partial charge in [0.05, 0.1) is 10.9 Å². The Kier molecular flexibility index (Phi) is 7.14. The first-order chi connectivity index (χ1) is 12.4. The lowest BCUT2D eigenvalue weighted by atomic mass is 10.2. The minimum Gasteiger partial charge on any atom is -0.345 e. The van der Waals surface area contributed by atoms with E-state index in [4.69, 9.17) is 0 Å². The molecule has 7 heteroatoms. The molecule has 0 saturated carbocycles. The van der Waals surface area contributed by atoms with Crippen LogP contribution in [0.5, 0.6) is 0 Å². The first-order valence-corrected chi connectivity index (χ1v) is 10.8. The molecule has 0 spiro atoms. The number of carbonyl (C=O) groups excluding carboxylic acids is 1. The number of rotatable bonds is 8. The maximum atomic E-state index is 12.5. The lowest BCUT2D eigenvalue weighted by Gasteiger charge is -2.18. The lowest BCUT2D eigenvalue weighted by molar-refractivity contribution is -0.117. The minimum atomic E-state index is -3.46. The first kappa shape index (κ1) is 20.4. The fourth-order valence-electron chi connectivity index (χ4n) is 2.51. The summed E-state index contributed by atoms with van der Waals surface area (Å²) < 4.78 is 26.3. The Morgan fingerprint density at radius 1 is 1.19 bits per heavy atom. The zero-order chi connectivity index (χ0) is 19.2.